The second-order valence-corrected chi connectivity index (χ2v) is 5.06. The molecule has 6 heteroatoms. The van der Waals surface area contributed by atoms with E-state index in [1.165, 1.54) is 0 Å². The monoisotopic (exact) mass is 253 g/mol. The fourth-order valence-electron chi connectivity index (χ4n) is 1.71. The Balaban J connectivity index is 2.26. The van der Waals surface area contributed by atoms with E-state index in [0.29, 0.717) is 13.1 Å². The molecule has 0 aliphatic rings. The first-order valence-corrected chi connectivity index (χ1v) is 5.83. The van der Waals surface area contributed by atoms with Crippen LogP contribution in [0.5, 0.6) is 0 Å². The van der Waals surface area contributed by atoms with Gasteiger partial charge in [-0.2, -0.15) is 0 Å². The molecule has 0 bridgehead atoms. The highest BCUT2D eigenvalue weighted by Crippen LogP contribution is 2.24. The Morgan fingerprint density at radius 1 is 1.39 bits per heavy atom. The van der Waals surface area contributed by atoms with Crippen molar-refractivity contribution < 1.29 is 14.7 Å². The van der Waals surface area contributed by atoms with Crippen LogP contribution in [0.1, 0.15) is 26.7 Å². The molecule has 1 amide bonds. The summed E-state index contributed by atoms with van der Waals surface area (Å²) in [4.78, 5) is 26.2. The fraction of sp³-hybridized carbons (Fsp3) is 0.583. The second-order valence-electron chi connectivity index (χ2n) is 5.06. The number of nitrogens with one attached hydrogen (secondary N) is 1. The van der Waals surface area contributed by atoms with Crippen molar-refractivity contribution in [1.29, 1.82) is 0 Å². The predicted octanol–water partition coefficient (Wildman–Crippen LogP) is 0.890. The van der Waals surface area contributed by atoms with E-state index in [2.05, 4.69) is 10.3 Å². The third-order valence-corrected chi connectivity index (χ3v) is 2.52. The molecule has 6 nitrogen and oxygen atoms in total. The molecule has 0 spiro atoms. The Morgan fingerprint density at radius 3 is 2.67 bits per heavy atom. The zero-order valence-electron chi connectivity index (χ0n) is 10.7. The molecule has 0 fully saturated rings. The summed E-state index contributed by atoms with van der Waals surface area (Å²) in [5.41, 5.74) is -0.523. The van der Waals surface area contributed by atoms with Crippen LogP contribution in [0.3, 0.4) is 0 Å². The lowest BCUT2D eigenvalue weighted by atomic mass is 9.85. The Morgan fingerprint density at radius 2 is 2.11 bits per heavy atom. The molecule has 0 unspecified atom stereocenters. The highest BCUT2D eigenvalue weighted by molar-refractivity contribution is 5.77. The van der Waals surface area contributed by atoms with Gasteiger partial charge >= 0.3 is 5.97 Å². The highest BCUT2D eigenvalue weighted by atomic mass is 16.4. The number of carboxylic acid groups (broad SMARTS) is 1. The van der Waals surface area contributed by atoms with Crippen LogP contribution in [-0.4, -0.2) is 33.1 Å². The van der Waals surface area contributed by atoms with Crippen molar-refractivity contribution >= 4 is 11.9 Å². The molecule has 0 aliphatic carbocycles. The van der Waals surface area contributed by atoms with Gasteiger partial charge in [0, 0.05) is 31.9 Å². The molecule has 0 atom stereocenters. The Kier molecular flexibility index (Phi) is 4.88. The first-order chi connectivity index (χ1) is 8.39. The van der Waals surface area contributed by atoms with Gasteiger partial charge in [-0.05, 0) is 5.41 Å². The van der Waals surface area contributed by atoms with Gasteiger partial charge in [0.1, 0.15) is 0 Å². The molecular weight excluding hydrogens is 234 g/mol. The van der Waals surface area contributed by atoms with E-state index in [9.17, 15) is 9.59 Å². The Hall–Kier alpha value is -1.85. The number of hydrogen-bond acceptors (Lipinski definition) is 3. The summed E-state index contributed by atoms with van der Waals surface area (Å²) < 4.78 is 1.86. The molecule has 0 saturated heterocycles. The van der Waals surface area contributed by atoms with E-state index >= 15 is 0 Å². The van der Waals surface area contributed by atoms with Crippen molar-refractivity contribution in [2.24, 2.45) is 5.41 Å². The molecule has 1 heterocycles. The maximum Gasteiger partial charge on any atom is 0.303 e. The lowest BCUT2D eigenvalue weighted by Gasteiger charge is -2.21. The van der Waals surface area contributed by atoms with Crippen LogP contribution in [0.2, 0.25) is 0 Å². The standard InChI is InChI=1S/C12H19N3O3/c1-12(2,8-11(17)18)7-10(16)14-4-6-15-5-3-13-9-15/h3,5,9H,4,6-8H2,1-2H3,(H,14,16)(H,17,18). The highest BCUT2D eigenvalue weighted by Gasteiger charge is 2.24. The quantitative estimate of drug-likeness (QED) is 0.755. The topological polar surface area (TPSA) is 84.2 Å². The van der Waals surface area contributed by atoms with Gasteiger partial charge in [-0.3, -0.25) is 9.59 Å². The second kappa shape index (κ2) is 6.18. The van der Waals surface area contributed by atoms with E-state index in [4.69, 9.17) is 5.11 Å². The molecule has 0 saturated carbocycles. The summed E-state index contributed by atoms with van der Waals surface area (Å²) in [6.45, 7) is 4.72. The number of aromatic nitrogens is 2. The number of aliphatic carboxylic acids is 1. The number of rotatable bonds is 7. The van der Waals surface area contributed by atoms with Crippen molar-refractivity contribution in [1.82, 2.24) is 14.9 Å². The summed E-state index contributed by atoms with van der Waals surface area (Å²) in [5.74, 6) is -1.01. The maximum atomic E-state index is 11.6. The minimum absolute atomic E-state index is 0.0120. The van der Waals surface area contributed by atoms with Crippen molar-refractivity contribution in [3.8, 4) is 0 Å². The van der Waals surface area contributed by atoms with Gasteiger partial charge in [-0.1, -0.05) is 13.8 Å². The zero-order chi connectivity index (χ0) is 13.6. The van der Waals surface area contributed by atoms with E-state index in [1.807, 2.05) is 10.8 Å². The Bertz CT molecular complexity index is 399. The molecule has 0 aliphatic heterocycles. The molecule has 1 rings (SSSR count). The van der Waals surface area contributed by atoms with Crippen LogP contribution in [0, 0.1) is 5.41 Å². The number of carbonyl (C=O) groups excluding carboxylic acids is 1. The number of carboxylic acids is 1. The average Bonchev–Trinajstić information content (AvgIpc) is 2.66. The molecular formula is C12H19N3O3. The molecule has 0 radical (unpaired) electrons. The number of hydrogen-bond donors (Lipinski definition) is 2. The minimum atomic E-state index is -0.883. The summed E-state index contributed by atoms with van der Waals surface area (Å²) in [7, 11) is 0. The van der Waals surface area contributed by atoms with Crippen molar-refractivity contribution in [3.63, 3.8) is 0 Å². The summed E-state index contributed by atoms with van der Waals surface area (Å²) >= 11 is 0. The molecule has 2 N–H and O–H groups in total. The van der Waals surface area contributed by atoms with Crippen molar-refractivity contribution in [2.45, 2.75) is 33.2 Å². The largest absolute Gasteiger partial charge is 0.481 e. The van der Waals surface area contributed by atoms with Gasteiger partial charge in [-0.15, -0.1) is 0 Å². The van der Waals surface area contributed by atoms with Crippen LogP contribution >= 0.6 is 0 Å². The van der Waals surface area contributed by atoms with Crippen LogP contribution in [0.25, 0.3) is 0 Å². The molecule has 1 aromatic heterocycles. The maximum absolute atomic E-state index is 11.6. The van der Waals surface area contributed by atoms with Crippen LogP contribution in [0.15, 0.2) is 18.7 Å². The van der Waals surface area contributed by atoms with Crippen molar-refractivity contribution in [3.05, 3.63) is 18.7 Å². The lowest BCUT2D eigenvalue weighted by molar-refractivity contribution is -0.139. The molecule has 0 aromatic carbocycles. The van der Waals surface area contributed by atoms with E-state index in [-0.39, 0.29) is 18.7 Å². The first-order valence-electron chi connectivity index (χ1n) is 5.83. The van der Waals surface area contributed by atoms with E-state index < -0.39 is 11.4 Å². The molecule has 18 heavy (non-hydrogen) atoms. The number of amides is 1. The van der Waals surface area contributed by atoms with E-state index in [1.54, 1.807) is 26.4 Å². The van der Waals surface area contributed by atoms with Gasteiger partial charge < -0.3 is 15.0 Å². The summed E-state index contributed by atoms with van der Waals surface area (Å²) in [6.07, 6.45) is 5.38. The van der Waals surface area contributed by atoms with Gasteiger partial charge in [0.05, 0.1) is 12.7 Å². The fourth-order valence-corrected chi connectivity index (χ4v) is 1.71. The van der Waals surface area contributed by atoms with Gasteiger partial charge in [0.2, 0.25) is 5.91 Å². The summed E-state index contributed by atoms with van der Waals surface area (Å²) in [5, 5.41) is 11.5. The Labute approximate surface area is 106 Å². The minimum Gasteiger partial charge on any atom is -0.481 e. The van der Waals surface area contributed by atoms with Gasteiger partial charge in [-0.25, -0.2) is 4.98 Å². The number of carbonyl (C=O) groups is 2. The first kappa shape index (κ1) is 14.2. The SMILES string of the molecule is CC(C)(CC(=O)O)CC(=O)NCCn1ccnc1. The van der Waals surface area contributed by atoms with Crippen LogP contribution in [-0.2, 0) is 16.1 Å². The van der Waals surface area contributed by atoms with Crippen LogP contribution in [0.4, 0.5) is 0 Å². The number of imidazole rings is 1. The lowest BCUT2D eigenvalue weighted by Crippen LogP contribution is -2.32. The molecule has 100 valence electrons. The smallest absolute Gasteiger partial charge is 0.303 e. The predicted molar refractivity (Wildman–Crippen MR) is 65.9 cm³/mol. The summed E-state index contributed by atoms with van der Waals surface area (Å²) in [6, 6.07) is 0. The van der Waals surface area contributed by atoms with Gasteiger partial charge in [0.15, 0.2) is 0 Å². The third kappa shape index (κ3) is 5.47. The van der Waals surface area contributed by atoms with Crippen LogP contribution < -0.4 is 5.32 Å². The van der Waals surface area contributed by atoms with Crippen molar-refractivity contribution in [2.75, 3.05) is 6.54 Å². The average molecular weight is 253 g/mol. The normalized spacial score (nSPS) is 11.2. The van der Waals surface area contributed by atoms with E-state index in [0.717, 1.165) is 0 Å². The molecule has 1 aromatic rings. The zero-order valence-corrected chi connectivity index (χ0v) is 10.7. The van der Waals surface area contributed by atoms with Gasteiger partial charge in [0.25, 0.3) is 0 Å². The number of nitrogens with zero attached hydrogens (tertiary/aromatic N) is 2. The third-order valence-electron chi connectivity index (χ3n) is 2.52.